The Balaban J connectivity index is 0.00000136. The molecule has 1 aromatic heterocycles. The molecule has 0 atom stereocenters. The molecule has 3 rings (SSSR count). The lowest BCUT2D eigenvalue weighted by atomic mass is 10.0. The number of nitrogens with two attached hydrogens (primary N) is 1. The number of likely N-dealkylation sites (tertiary alicyclic amines) is 1. The third-order valence-electron chi connectivity index (χ3n) is 5.69. The topological polar surface area (TPSA) is 109 Å². The van der Waals surface area contributed by atoms with Crippen molar-refractivity contribution in [3.63, 3.8) is 0 Å². The number of nitrogens with one attached hydrogen (secondary N) is 2. The van der Waals surface area contributed by atoms with E-state index in [0.717, 1.165) is 38.4 Å². The van der Waals surface area contributed by atoms with E-state index in [9.17, 15) is 0 Å². The van der Waals surface area contributed by atoms with Crippen molar-refractivity contribution in [2.75, 3.05) is 51.2 Å². The number of piperidine rings is 1. The lowest BCUT2D eigenvalue weighted by Gasteiger charge is -2.39. The van der Waals surface area contributed by atoms with Crippen LogP contribution in [0.1, 0.15) is 38.8 Å². The van der Waals surface area contributed by atoms with Gasteiger partial charge in [-0.25, -0.2) is 10.5 Å². The van der Waals surface area contributed by atoms with Crippen molar-refractivity contribution in [2.45, 2.75) is 45.2 Å². The second-order valence-electron chi connectivity index (χ2n) is 7.58. The molecule has 2 aliphatic heterocycles. The first-order chi connectivity index (χ1) is 13.6. The Morgan fingerprint density at radius 3 is 2.46 bits per heavy atom. The predicted octanol–water partition coefficient (Wildman–Crippen LogP) is 2.40. The maximum absolute atomic E-state index is 7.70. The third kappa shape index (κ3) is 5.80. The minimum absolute atomic E-state index is 0.0831. The van der Waals surface area contributed by atoms with E-state index in [-0.39, 0.29) is 5.84 Å². The summed E-state index contributed by atoms with van der Waals surface area (Å²) in [7, 11) is 1.50. The molecule has 0 radical (unpaired) electrons. The molecule has 28 heavy (non-hydrogen) atoms. The van der Waals surface area contributed by atoms with E-state index >= 15 is 0 Å². The number of hydrogen-bond acceptors (Lipinski definition) is 7. The monoisotopic (exact) mass is 388 g/mol. The molecule has 8 heteroatoms. The zero-order valence-electron chi connectivity index (χ0n) is 17.6. The number of aromatic nitrogens is 1. The van der Waals surface area contributed by atoms with E-state index in [4.69, 9.17) is 10.9 Å². The molecule has 0 amide bonds. The van der Waals surface area contributed by atoms with Gasteiger partial charge in [-0.1, -0.05) is 6.07 Å². The molecule has 156 valence electrons. The highest BCUT2D eigenvalue weighted by atomic mass is 15.3. The van der Waals surface area contributed by atoms with Gasteiger partial charge in [0.2, 0.25) is 0 Å². The molecule has 0 bridgehead atoms. The predicted molar refractivity (Wildman–Crippen MR) is 114 cm³/mol. The molecular weight excluding hydrogens is 352 g/mol. The van der Waals surface area contributed by atoms with Crippen LogP contribution in [0.3, 0.4) is 0 Å². The zero-order valence-corrected chi connectivity index (χ0v) is 17.6. The number of amidine groups is 1. The Hall–Kier alpha value is -1.90. The van der Waals surface area contributed by atoms with Gasteiger partial charge in [0.25, 0.3) is 0 Å². The van der Waals surface area contributed by atoms with E-state index in [1.165, 1.54) is 33.0 Å². The van der Waals surface area contributed by atoms with E-state index in [1.54, 1.807) is 6.07 Å². The number of pyridine rings is 1. The molecule has 0 aliphatic carbocycles. The molecule has 4 N–H and O–H groups in total. The average molecular weight is 389 g/mol. The first kappa shape index (κ1) is 22.4. The number of nitrogens with zero attached hydrogens (tertiary/aromatic N) is 5. The largest absolute Gasteiger partial charge is 0.355 e. The summed E-state index contributed by atoms with van der Waals surface area (Å²) in [5, 5.41) is 10.9. The molecule has 2 aliphatic rings. The van der Waals surface area contributed by atoms with Gasteiger partial charge < -0.3 is 15.5 Å². The molecule has 0 saturated carbocycles. The van der Waals surface area contributed by atoms with Crippen LogP contribution in [-0.2, 0) is 0 Å². The van der Waals surface area contributed by atoms with Crippen LogP contribution in [0.15, 0.2) is 23.3 Å². The molecule has 2 saturated heterocycles. The highest BCUT2D eigenvalue weighted by molar-refractivity contribution is 5.94. The molecular formula is C20H36N8. The van der Waals surface area contributed by atoms with Crippen LogP contribution in [0.25, 0.3) is 0 Å². The summed E-state index contributed by atoms with van der Waals surface area (Å²) in [6.45, 7) is 11.2. The van der Waals surface area contributed by atoms with Gasteiger partial charge in [0.15, 0.2) is 5.84 Å². The van der Waals surface area contributed by atoms with Crippen molar-refractivity contribution < 1.29 is 0 Å². The van der Waals surface area contributed by atoms with Crippen LogP contribution in [0.5, 0.6) is 0 Å². The second kappa shape index (κ2) is 11.2. The molecule has 2 fully saturated rings. The summed E-state index contributed by atoms with van der Waals surface area (Å²) in [6.07, 6.45) is 3.68. The number of rotatable bonds is 4. The highest BCUT2D eigenvalue weighted by Crippen LogP contribution is 2.21. The molecule has 8 nitrogen and oxygen atoms in total. The normalized spacial score (nSPS) is 19.7. The van der Waals surface area contributed by atoms with Gasteiger partial charge in [0.05, 0.1) is 0 Å². The fourth-order valence-corrected chi connectivity index (χ4v) is 4.09. The summed E-state index contributed by atoms with van der Waals surface area (Å²) in [4.78, 5) is 12.1. The van der Waals surface area contributed by atoms with E-state index in [0.29, 0.717) is 17.8 Å². The Kier molecular flexibility index (Phi) is 8.95. The standard InChI is InChI=1S/C19H31N7.CH5N/c1-15(2)24-11-7-16(8-12-24)25-9-4-10-26(14-13-25)18-6-3-5-17(22-18)19(20)23-21;1-2/h3,5-6,15-16,20-21H,4,7-14H2,1-2H3;2H2,1H3. The summed E-state index contributed by atoms with van der Waals surface area (Å²) < 4.78 is 0. The van der Waals surface area contributed by atoms with Crippen molar-refractivity contribution in [1.82, 2.24) is 14.8 Å². The molecule has 0 spiro atoms. The fraction of sp³-hybridized carbons (Fsp3) is 0.700. The highest BCUT2D eigenvalue weighted by Gasteiger charge is 2.27. The fourth-order valence-electron chi connectivity index (χ4n) is 4.09. The van der Waals surface area contributed by atoms with Crippen LogP contribution in [0.4, 0.5) is 5.82 Å². The summed E-state index contributed by atoms with van der Waals surface area (Å²) in [5.74, 6) is 0.813. The SMILES string of the molecule is CC(C)N1CCC(N2CCCN(c3cccc(C(=N)N=N)n3)CC2)CC1.CN. The Labute approximate surface area is 169 Å². The first-order valence-corrected chi connectivity index (χ1v) is 10.3. The van der Waals surface area contributed by atoms with Crippen molar-refractivity contribution in [2.24, 2.45) is 10.8 Å². The second-order valence-corrected chi connectivity index (χ2v) is 7.58. The molecule has 0 unspecified atom stereocenters. The van der Waals surface area contributed by atoms with Crippen LogP contribution in [0.2, 0.25) is 0 Å². The van der Waals surface area contributed by atoms with Crippen LogP contribution >= 0.6 is 0 Å². The van der Waals surface area contributed by atoms with Gasteiger partial charge in [0.1, 0.15) is 11.5 Å². The lowest BCUT2D eigenvalue weighted by Crippen LogP contribution is -2.47. The Morgan fingerprint density at radius 2 is 1.82 bits per heavy atom. The summed E-state index contributed by atoms with van der Waals surface area (Å²) in [6, 6.07) is 7.01. The third-order valence-corrected chi connectivity index (χ3v) is 5.69. The lowest BCUT2D eigenvalue weighted by molar-refractivity contribution is 0.0965. The zero-order chi connectivity index (χ0) is 20.5. The van der Waals surface area contributed by atoms with E-state index < -0.39 is 0 Å². The van der Waals surface area contributed by atoms with E-state index in [1.807, 2.05) is 12.1 Å². The molecule has 1 aromatic rings. The van der Waals surface area contributed by atoms with Gasteiger partial charge in [-0.05, 0) is 65.4 Å². The Morgan fingerprint density at radius 1 is 1.11 bits per heavy atom. The van der Waals surface area contributed by atoms with Crippen molar-refractivity contribution in [1.29, 1.82) is 10.9 Å². The average Bonchev–Trinajstić information content (AvgIpc) is 3.01. The summed E-state index contributed by atoms with van der Waals surface area (Å²) >= 11 is 0. The van der Waals surface area contributed by atoms with Crippen molar-refractivity contribution in [3.05, 3.63) is 23.9 Å². The smallest absolute Gasteiger partial charge is 0.192 e. The van der Waals surface area contributed by atoms with Gasteiger partial charge in [0, 0.05) is 38.3 Å². The van der Waals surface area contributed by atoms with Crippen LogP contribution in [-0.4, -0.2) is 79.0 Å². The van der Waals surface area contributed by atoms with E-state index in [2.05, 4.69) is 44.4 Å². The van der Waals surface area contributed by atoms with Crippen molar-refractivity contribution >= 4 is 11.7 Å². The minimum Gasteiger partial charge on any atom is -0.355 e. The maximum atomic E-state index is 7.70. The quantitative estimate of drug-likeness (QED) is 0.417. The minimum atomic E-state index is -0.0831. The van der Waals surface area contributed by atoms with Gasteiger partial charge in [-0.2, -0.15) is 0 Å². The Bertz CT molecular complexity index is 624. The first-order valence-electron chi connectivity index (χ1n) is 10.3. The van der Waals surface area contributed by atoms with Crippen LogP contribution < -0.4 is 10.6 Å². The maximum Gasteiger partial charge on any atom is 0.192 e. The van der Waals surface area contributed by atoms with Gasteiger partial charge in [-0.3, -0.25) is 10.3 Å². The molecule has 3 heterocycles. The van der Waals surface area contributed by atoms with Crippen LogP contribution in [0, 0.1) is 10.9 Å². The summed E-state index contributed by atoms with van der Waals surface area (Å²) in [5.41, 5.74) is 12.0. The number of hydrogen-bond donors (Lipinski definition) is 3. The molecule has 0 aromatic carbocycles. The number of anilines is 1. The van der Waals surface area contributed by atoms with Gasteiger partial charge >= 0.3 is 0 Å². The van der Waals surface area contributed by atoms with Crippen molar-refractivity contribution in [3.8, 4) is 0 Å². The van der Waals surface area contributed by atoms with Gasteiger partial charge in [-0.15, -0.1) is 5.11 Å².